The van der Waals surface area contributed by atoms with Crippen molar-refractivity contribution in [2.75, 3.05) is 13.7 Å². The highest BCUT2D eigenvalue weighted by atomic mass is 19.3. The van der Waals surface area contributed by atoms with Crippen LogP contribution in [0, 0.1) is 0 Å². The summed E-state index contributed by atoms with van der Waals surface area (Å²) < 4.78 is 31.6. The molecule has 1 heterocycles. The molecule has 1 aromatic rings. The number of nitrogens with one attached hydrogen (secondary N) is 2. The molecule has 1 aliphatic carbocycles. The van der Waals surface area contributed by atoms with Crippen molar-refractivity contribution < 1.29 is 18.3 Å². The van der Waals surface area contributed by atoms with Gasteiger partial charge in [-0.05, 0) is 30.0 Å². The SMILES string of the molecule is COc1cccc2c1CCC2NC(=O)C1CC(F)(F)CN1. The first-order valence-electron chi connectivity index (χ1n) is 7.07. The summed E-state index contributed by atoms with van der Waals surface area (Å²) in [6.07, 6.45) is 1.15. The molecule has 21 heavy (non-hydrogen) atoms. The lowest BCUT2D eigenvalue weighted by atomic mass is 10.1. The minimum Gasteiger partial charge on any atom is -0.496 e. The molecule has 0 aromatic heterocycles. The first kappa shape index (κ1) is 14.3. The minimum absolute atomic E-state index is 0.126. The van der Waals surface area contributed by atoms with Crippen LogP contribution in [-0.4, -0.2) is 31.5 Å². The van der Waals surface area contributed by atoms with Crippen LogP contribution in [0.2, 0.25) is 0 Å². The molecule has 6 heteroatoms. The number of methoxy groups -OCH3 is 1. The van der Waals surface area contributed by atoms with Crippen molar-refractivity contribution in [1.29, 1.82) is 0 Å². The summed E-state index contributed by atoms with van der Waals surface area (Å²) in [5.74, 6) is -2.33. The molecule has 114 valence electrons. The van der Waals surface area contributed by atoms with E-state index in [0.717, 1.165) is 29.7 Å². The number of fused-ring (bicyclic) bond motifs is 1. The lowest BCUT2D eigenvalue weighted by Gasteiger charge is -2.18. The Bertz CT molecular complexity index is 563. The van der Waals surface area contributed by atoms with Crippen LogP contribution >= 0.6 is 0 Å². The third-order valence-electron chi connectivity index (χ3n) is 4.19. The number of hydrogen-bond acceptors (Lipinski definition) is 3. The van der Waals surface area contributed by atoms with Gasteiger partial charge in [0.15, 0.2) is 0 Å². The first-order chi connectivity index (χ1) is 10.00. The number of halogens is 2. The Morgan fingerprint density at radius 1 is 1.48 bits per heavy atom. The number of hydrogen-bond donors (Lipinski definition) is 2. The Kier molecular flexibility index (Phi) is 3.57. The highest BCUT2D eigenvalue weighted by Crippen LogP contribution is 2.37. The second-order valence-electron chi connectivity index (χ2n) is 5.62. The third-order valence-corrected chi connectivity index (χ3v) is 4.19. The molecule has 2 N–H and O–H groups in total. The van der Waals surface area contributed by atoms with E-state index in [1.807, 2.05) is 18.2 Å². The van der Waals surface area contributed by atoms with Crippen LogP contribution in [-0.2, 0) is 11.2 Å². The van der Waals surface area contributed by atoms with E-state index in [1.54, 1.807) is 7.11 Å². The van der Waals surface area contributed by atoms with Crippen molar-refractivity contribution in [2.24, 2.45) is 0 Å². The molecule has 1 saturated heterocycles. The monoisotopic (exact) mass is 296 g/mol. The fourth-order valence-corrected chi connectivity index (χ4v) is 3.14. The summed E-state index contributed by atoms with van der Waals surface area (Å²) in [6, 6.07) is 4.78. The van der Waals surface area contributed by atoms with E-state index in [0.29, 0.717) is 0 Å². The summed E-state index contributed by atoms with van der Waals surface area (Å²) in [6.45, 7) is -0.430. The molecule has 1 amide bonds. The zero-order valence-corrected chi connectivity index (χ0v) is 11.8. The molecule has 0 saturated carbocycles. The van der Waals surface area contributed by atoms with Gasteiger partial charge in [0, 0.05) is 6.42 Å². The summed E-state index contributed by atoms with van der Waals surface area (Å²) in [4.78, 5) is 12.1. The lowest BCUT2D eigenvalue weighted by Crippen LogP contribution is -2.41. The van der Waals surface area contributed by atoms with Gasteiger partial charge in [0.1, 0.15) is 5.75 Å². The molecule has 1 aliphatic heterocycles. The van der Waals surface area contributed by atoms with Crippen LogP contribution in [0.5, 0.6) is 5.75 Å². The predicted octanol–water partition coefficient (Wildman–Crippen LogP) is 1.80. The van der Waals surface area contributed by atoms with Gasteiger partial charge in [-0.3, -0.25) is 10.1 Å². The van der Waals surface area contributed by atoms with Gasteiger partial charge in [-0.2, -0.15) is 0 Å². The van der Waals surface area contributed by atoms with Crippen LogP contribution in [0.4, 0.5) is 8.78 Å². The second-order valence-corrected chi connectivity index (χ2v) is 5.62. The number of carbonyl (C=O) groups excluding carboxylic acids is 1. The average Bonchev–Trinajstić information content (AvgIpc) is 3.02. The number of ether oxygens (including phenoxy) is 1. The standard InChI is InChI=1S/C15H18F2N2O2/c1-21-13-4-2-3-9-10(13)5-6-11(9)19-14(20)12-7-15(16,17)8-18-12/h2-4,11-12,18H,5-8H2,1H3,(H,19,20). The van der Waals surface area contributed by atoms with Gasteiger partial charge in [0.25, 0.3) is 5.92 Å². The normalized spacial score (nSPS) is 26.4. The van der Waals surface area contributed by atoms with Crippen molar-refractivity contribution in [2.45, 2.75) is 37.3 Å². The molecule has 3 rings (SSSR count). The predicted molar refractivity (Wildman–Crippen MR) is 73.6 cm³/mol. The summed E-state index contributed by atoms with van der Waals surface area (Å²) in [5.41, 5.74) is 2.11. The molecule has 2 atom stereocenters. The molecule has 1 aromatic carbocycles. The van der Waals surface area contributed by atoms with E-state index in [2.05, 4.69) is 10.6 Å². The molecule has 2 aliphatic rings. The van der Waals surface area contributed by atoms with Crippen LogP contribution in [0.1, 0.15) is 30.0 Å². The maximum absolute atomic E-state index is 13.1. The largest absolute Gasteiger partial charge is 0.496 e. The van der Waals surface area contributed by atoms with Crippen LogP contribution < -0.4 is 15.4 Å². The van der Waals surface area contributed by atoms with Gasteiger partial charge < -0.3 is 10.1 Å². The fraction of sp³-hybridized carbons (Fsp3) is 0.533. The highest BCUT2D eigenvalue weighted by molar-refractivity contribution is 5.82. The zero-order chi connectivity index (χ0) is 15.0. The topological polar surface area (TPSA) is 50.4 Å². The Morgan fingerprint density at radius 2 is 2.29 bits per heavy atom. The van der Waals surface area contributed by atoms with E-state index in [1.165, 1.54) is 0 Å². The van der Waals surface area contributed by atoms with E-state index in [4.69, 9.17) is 4.74 Å². The van der Waals surface area contributed by atoms with E-state index < -0.39 is 24.9 Å². The van der Waals surface area contributed by atoms with Gasteiger partial charge in [-0.15, -0.1) is 0 Å². The average molecular weight is 296 g/mol. The van der Waals surface area contributed by atoms with E-state index >= 15 is 0 Å². The zero-order valence-electron chi connectivity index (χ0n) is 11.8. The Morgan fingerprint density at radius 3 is 2.95 bits per heavy atom. The first-order valence-corrected chi connectivity index (χ1v) is 7.07. The van der Waals surface area contributed by atoms with Gasteiger partial charge in [-0.1, -0.05) is 12.1 Å². The Hall–Kier alpha value is -1.69. The molecular formula is C15H18F2N2O2. The van der Waals surface area contributed by atoms with Gasteiger partial charge in [-0.25, -0.2) is 8.78 Å². The van der Waals surface area contributed by atoms with Crippen LogP contribution in [0.15, 0.2) is 18.2 Å². The van der Waals surface area contributed by atoms with Crippen molar-refractivity contribution >= 4 is 5.91 Å². The quantitative estimate of drug-likeness (QED) is 0.894. The number of benzene rings is 1. The minimum atomic E-state index is -2.79. The molecule has 4 nitrogen and oxygen atoms in total. The van der Waals surface area contributed by atoms with Crippen LogP contribution in [0.3, 0.4) is 0 Å². The number of rotatable bonds is 3. The molecular weight excluding hydrogens is 278 g/mol. The maximum atomic E-state index is 13.1. The smallest absolute Gasteiger partial charge is 0.262 e. The van der Waals surface area contributed by atoms with Gasteiger partial charge in [0.05, 0.1) is 25.7 Å². The molecule has 1 fully saturated rings. The van der Waals surface area contributed by atoms with Crippen molar-refractivity contribution in [1.82, 2.24) is 10.6 Å². The lowest BCUT2D eigenvalue weighted by molar-refractivity contribution is -0.124. The second kappa shape index (κ2) is 5.26. The summed E-state index contributed by atoms with van der Waals surface area (Å²) >= 11 is 0. The molecule has 0 radical (unpaired) electrons. The Balaban J connectivity index is 1.70. The van der Waals surface area contributed by atoms with Gasteiger partial charge >= 0.3 is 0 Å². The number of amides is 1. The van der Waals surface area contributed by atoms with E-state index in [9.17, 15) is 13.6 Å². The highest BCUT2D eigenvalue weighted by Gasteiger charge is 2.43. The molecule has 0 bridgehead atoms. The fourth-order valence-electron chi connectivity index (χ4n) is 3.14. The number of carbonyl (C=O) groups is 1. The van der Waals surface area contributed by atoms with Crippen molar-refractivity contribution in [3.8, 4) is 5.75 Å². The Labute approximate surface area is 121 Å². The molecule has 0 spiro atoms. The maximum Gasteiger partial charge on any atom is 0.262 e. The summed E-state index contributed by atoms with van der Waals surface area (Å²) in [7, 11) is 1.62. The summed E-state index contributed by atoms with van der Waals surface area (Å²) in [5, 5.41) is 5.46. The van der Waals surface area contributed by atoms with Crippen molar-refractivity contribution in [3.05, 3.63) is 29.3 Å². The van der Waals surface area contributed by atoms with Gasteiger partial charge in [0.2, 0.25) is 5.91 Å². The third kappa shape index (κ3) is 2.72. The van der Waals surface area contributed by atoms with Crippen LogP contribution in [0.25, 0.3) is 0 Å². The van der Waals surface area contributed by atoms with E-state index in [-0.39, 0.29) is 11.9 Å². The molecule has 2 unspecified atom stereocenters. The van der Waals surface area contributed by atoms with Crippen molar-refractivity contribution in [3.63, 3.8) is 0 Å². The number of alkyl halides is 2.